The van der Waals surface area contributed by atoms with Gasteiger partial charge in [-0.3, -0.25) is 4.79 Å². The van der Waals surface area contributed by atoms with Gasteiger partial charge in [-0.1, -0.05) is 6.92 Å². The summed E-state index contributed by atoms with van der Waals surface area (Å²) in [4.78, 5) is 11.0. The molecule has 0 aliphatic heterocycles. The largest absolute Gasteiger partial charge is 0.436 e. The van der Waals surface area contributed by atoms with Crippen molar-refractivity contribution < 1.29 is 19.0 Å². The second-order valence-electron chi connectivity index (χ2n) is 2.78. The van der Waals surface area contributed by atoms with Gasteiger partial charge in [0.1, 0.15) is 0 Å². The van der Waals surface area contributed by atoms with Gasteiger partial charge in [0.25, 0.3) is 0 Å². The quantitative estimate of drug-likeness (QED) is 0.468. The molecule has 0 aliphatic rings. The van der Waals surface area contributed by atoms with Crippen molar-refractivity contribution in [3.8, 4) is 0 Å². The molecule has 0 aliphatic carbocycles. The van der Waals surface area contributed by atoms with Crippen LogP contribution in [0.4, 0.5) is 0 Å². The Morgan fingerprint density at radius 2 is 1.93 bits per heavy atom. The lowest BCUT2D eigenvalue weighted by molar-refractivity contribution is -0.226. The molecule has 0 amide bonds. The maximum Gasteiger partial charge on any atom is 0.312 e. The molecule has 0 spiro atoms. The Morgan fingerprint density at radius 3 is 2.43 bits per heavy atom. The average molecular weight is 203 g/mol. The molecule has 4 nitrogen and oxygen atoms in total. The Hall–Kier alpha value is -0.610. The molecule has 0 fully saturated rings. The third-order valence-corrected chi connectivity index (χ3v) is 1.44. The van der Waals surface area contributed by atoms with Crippen LogP contribution < -0.4 is 0 Å². The van der Waals surface area contributed by atoms with Gasteiger partial charge in [0, 0.05) is 6.61 Å². The van der Waals surface area contributed by atoms with E-state index in [1.165, 1.54) is 6.42 Å². The van der Waals surface area contributed by atoms with Crippen molar-refractivity contribution >= 4 is 5.97 Å². The predicted octanol–water partition coefficient (Wildman–Crippen LogP) is 1.89. The summed E-state index contributed by atoms with van der Waals surface area (Å²) in [7, 11) is 0. The highest BCUT2D eigenvalue weighted by atomic mass is 16.8. The second kappa shape index (κ2) is 7.76. The van der Waals surface area contributed by atoms with E-state index in [1.54, 1.807) is 13.8 Å². The van der Waals surface area contributed by atoms with Crippen LogP contribution in [0.2, 0.25) is 0 Å². The highest BCUT2D eigenvalue weighted by molar-refractivity contribution is 5.78. The topological polar surface area (TPSA) is 44.8 Å². The molecular formula is C10H19O4. The fourth-order valence-corrected chi connectivity index (χ4v) is 0.950. The molecule has 0 bridgehead atoms. The van der Waals surface area contributed by atoms with Crippen molar-refractivity contribution in [2.24, 2.45) is 0 Å². The predicted molar refractivity (Wildman–Crippen MR) is 52.3 cm³/mol. The highest BCUT2D eigenvalue weighted by Crippen LogP contribution is 2.03. The normalized spacial score (nSPS) is 14.9. The zero-order chi connectivity index (χ0) is 11.0. The van der Waals surface area contributed by atoms with Crippen molar-refractivity contribution in [2.45, 2.75) is 46.7 Å². The first kappa shape index (κ1) is 13.4. The van der Waals surface area contributed by atoms with Crippen LogP contribution in [0.15, 0.2) is 0 Å². The van der Waals surface area contributed by atoms with Gasteiger partial charge in [0.15, 0.2) is 6.29 Å². The molecule has 0 heterocycles. The summed E-state index contributed by atoms with van der Waals surface area (Å²) in [6.45, 7) is 7.74. The van der Waals surface area contributed by atoms with E-state index in [0.29, 0.717) is 13.0 Å². The summed E-state index contributed by atoms with van der Waals surface area (Å²) in [5, 5.41) is 0. The SMILES string of the molecule is CC[CH]C(=O)OC(C)OC(C)OCC. The minimum Gasteiger partial charge on any atom is -0.436 e. The first-order valence-electron chi connectivity index (χ1n) is 4.91. The number of esters is 1. The van der Waals surface area contributed by atoms with E-state index in [2.05, 4.69) is 0 Å². The third-order valence-electron chi connectivity index (χ3n) is 1.44. The molecule has 0 N–H and O–H groups in total. The summed E-state index contributed by atoms with van der Waals surface area (Å²) in [5.41, 5.74) is 0. The molecule has 14 heavy (non-hydrogen) atoms. The Bertz CT molecular complexity index is 158. The second-order valence-corrected chi connectivity index (χ2v) is 2.78. The third kappa shape index (κ3) is 6.86. The molecule has 2 atom stereocenters. The lowest BCUT2D eigenvalue weighted by Gasteiger charge is -2.18. The van der Waals surface area contributed by atoms with Crippen LogP contribution in [0.5, 0.6) is 0 Å². The molecular weight excluding hydrogens is 184 g/mol. The van der Waals surface area contributed by atoms with Crippen LogP contribution in [-0.4, -0.2) is 25.2 Å². The molecule has 0 rings (SSSR count). The molecule has 83 valence electrons. The van der Waals surface area contributed by atoms with Crippen LogP contribution in [-0.2, 0) is 19.0 Å². The van der Waals surface area contributed by atoms with E-state index in [-0.39, 0.29) is 12.3 Å². The molecule has 1 radical (unpaired) electrons. The monoisotopic (exact) mass is 203 g/mol. The van der Waals surface area contributed by atoms with Crippen molar-refractivity contribution in [1.29, 1.82) is 0 Å². The maximum atomic E-state index is 11.0. The number of rotatable bonds is 7. The number of ether oxygens (including phenoxy) is 3. The number of hydrogen-bond acceptors (Lipinski definition) is 4. The summed E-state index contributed by atoms with van der Waals surface area (Å²) in [6.07, 6.45) is 1.19. The van der Waals surface area contributed by atoms with E-state index < -0.39 is 6.29 Å². The molecule has 0 saturated heterocycles. The fraction of sp³-hybridized carbons (Fsp3) is 0.800. The van der Waals surface area contributed by atoms with Gasteiger partial charge >= 0.3 is 5.97 Å². The Labute approximate surface area is 85.5 Å². The van der Waals surface area contributed by atoms with Crippen molar-refractivity contribution in [2.75, 3.05) is 6.61 Å². The average Bonchev–Trinajstić information content (AvgIpc) is 2.03. The lowest BCUT2D eigenvalue weighted by Crippen LogP contribution is -2.24. The number of hydrogen-bond donors (Lipinski definition) is 0. The van der Waals surface area contributed by atoms with Gasteiger partial charge in [-0.25, -0.2) is 0 Å². The lowest BCUT2D eigenvalue weighted by atomic mass is 10.3. The standard InChI is InChI=1S/C10H19O4/c1-5-7-10(11)14-9(4)13-8(3)12-6-2/h7-9H,5-6H2,1-4H3. The van der Waals surface area contributed by atoms with E-state index in [0.717, 1.165) is 0 Å². The van der Waals surface area contributed by atoms with Crippen LogP contribution in [0.25, 0.3) is 0 Å². The highest BCUT2D eigenvalue weighted by Gasteiger charge is 2.12. The zero-order valence-electron chi connectivity index (χ0n) is 9.28. The number of carbonyl (C=O) groups is 1. The minimum atomic E-state index is -0.577. The summed E-state index contributed by atoms with van der Waals surface area (Å²) in [6, 6.07) is 0. The smallest absolute Gasteiger partial charge is 0.312 e. The first-order valence-corrected chi connectivity index (χ1v) is 4.91. The fourth-order valence-electron chi connectivity index (χ4n) is 0.950. The van der Waals surface area contributed by atoms with Gasteiger partial charge in [-0.2, -0.15) is 0 Å². The van der Waals surface area contributed by atoms with Crippen molar-refractivity contribution in [3.05, 3.63) is 6.42 Å². The van der Waals surface area contributed by atoms with Crippen LogP contribution in [0.1, 0.15) is 34.1 Å². The summed E-state index contributed by atoms with van der Waals surface area (Å²) < 4.78 is 15.3. The van der Waals surface area contributed by atoms with Gasteiger partial charge in [-0.05, 0) is 27.2 Å². The van der Waals surface area contributed by atoms with E-state index >= 15 is 0 Å². The molecule has 2 unspecified atom stereocenters. The van der Waals surface area contributed by atoms with E-state index in [9.17, 15) is 4.79 Å². The minimum absolute atomic E-state index is 0.357. The van der Waals surface area contributed by atoms with E-state index in [4.69, 9.17) is 14.2 Å². The molecule has 0 aromatic rings. The molecule has 4 heteroatoms. The maximum absolute atomic E-state index is 11.0. The van der Waals surface area contributed by atoms with Gasteiger partial charge in [0.2, 0.25) is 6.29 Å². The Kier molecular flexibility index (Phi) is 7.42. The van der Waals surface area contributed by atoms with Crippen molar-refractivity contribution in [1.82, 2.24) is 0 Å². The van der Waals surface area contributed by atoms with E-state index in [1.807, 2.05) is 13.8 Å². The van der Waals surface area contributed by atoms with Crippen LogP contribution in [0, 0.1) is 6.42 Å². The zero-order valence-corrected chi connectivity index (χ0v) is 9.28. The Balaban J connectivity index is 3.63. The number of carbonyl (C=O) groups excluding carboxylic acids is 1. The molecule has 0 aromatic heterocycles. The molecule has 0 saturated carbocycles. The summed E-state index contributed by atoms with van der Waals surface area (Å²) in [5.74, 6) is -0.358. The van der Waals surface area contributed by atoms with Gasteiger partial charge < -0.3 is 14.2 Å². The first-order chi connectivity index (χ1) is 6.60. The molecule has 0 aromatic carbocycles. The van der Waals surface area contributed by atoms with Crippen LogP contribution in [0.3, 0.4) is 0 Å². The van der Waals surface area contributed by atoms with Gasteiger partial charge in [0.05, 0.1) is 6.42 Å². The summed E-state index contributed by atoms with van der Waals surface area (Å²) >= 11 is 0. The van der Waals surface area contributed by atoms with Crippen LogP contribution >= 0.6 is 0 Å². The van der Waals surface area contributed by atoms with Crippen molar-refractivity contribution in [3.63, 3.8) is 0 Å². The Morgan fingerprint density at radius 1 is 1.29 bits per heavy atom. The van der Waals surface area contributed by atoms with Gasteiger partial charge in [-0.15, -0.1) is 0 Å².